The molecule has 0 saturated heterocycles. The average molecular weight is 313 g/mol. The van der Waals surface area contributed by atoms with Crippen LogP contribution in [0.5, 0.6) is 0 Å². The van der Waals surface area contributed by atoms with Crippen LogP contribution >= 0.6 is 0 Å². The van der Waals surface area contributed by atoms with Gasteiger partial charge in [-0.05, 0) is 43.4 Å². The van der Waals surface area contributed by atoms with Crippen LogP contribution in [-0.4, -0.2) is 36.7 Å². The molecule has 116 valence electrons. The molecule has 0 amide bonds. The minimum Gasteiger partial charge on any atom is -0.481 e. The lowest BCUT2D eigenvalue weighted by atomic mass is 9.81. The van der Waals surface area contributed by atoms with Crippen molar-refractivity contribution in [2.75, 3.05) is 6.54 Å². The third kappa shape index (κ3) is 4.26. The van der Waals surface area contributed by atoms with E-state index in [4.69, 9.17) is 5.11 Å². The van der Waals surface area contributed by atoms with Crippen LogP contribution in [0.2, 0.25) is 0 Å². The first-order valence-corrected chi connectivity index (χ1v) is 8.32. The Morgan fingerprint density at radius 2 is 1.86 bits per heavy atom. The van der Waals surface area contributed by atoms with Gasteiger partial charge in [-0.3, -0.25) is 4.79 Å². The summed E-state index contributed by atoms with van der Waals surface area (Å²) in [5.74, 6) is -0.887. The van der Waals surface area contributed by atoms with Crippen molar-refractivity contribution in [2.24, 2.45) is 0 Å². The lowest BCUT2D eigenvalue weighted by molar-refractivity contribution is -0.136. The highest BCUT2D eigenvalue weighted by Gasteiger charge is 2.35. The zero-order chi connectivity index (χ0) is 15.5. The molecule has 1 aromatic carbocycles. The van der Waals surface area contributed by atoms with Crippen molar-refractivity contribution in [2.45, 2.75) is 42.6 Å². The minimum atomic E-state index is -3.64. The molecule has 1 saturated carbocycles. The molecular weight excluding hydrogens is 294 g/mol. The number of carboxylic acid groups (broad SMARTS) is 1. The maximum atomic E-state index is 12.1. The van der Waals surface area contributed by atoms with Crippen LogP contribution in [0.3, 0.4) is 0 Å². The molecule has 1 fully saturated rings. The summed E-state index contributed by atoms with van der Waals surface area (Å²) in [7, 11) is -3.64. The van der Waals surface area contributed by atoms with Crippen molar-refractivity contribution in [3.8, 4) is 0 Å². The molecule has 0 atom stereocenters. The van der Waals surface area contributed by atoms with Gasteiger partial charge >= 0.3 is 5.97 Å². The van der Waals surface area contributed by atoms with Gasteiger partial charge in [0.05, 0.1) is 10.5 Å². The first kappa shape index (κ1) is 15.9. The normalized spacial score (nSPS) is 17.2. The van der Waals surface area contributed by atoms with Crippen molar-refractivity contribution in [3.63, 3.8) is 0 Å². The first-order chi connectivity index (χ1) is 9.81. The highest BCUT2D eigenvalue weighted by Crippen LogP contribution is 2.31. The molecule has 0 bridgehead atoms. The van der Waals surface area contributed by atoms with E-state index in [2.05, 4.69) is 4.72 Å². The van der Waals surface area contributed by atoms with E-state index in [0.29, 0.717) is 19.3 Å². The summed E-state index contributed by atoms with van der Waals surface area (Å²) in [6.45, 7) is 0.0239. The van der Waals surface area contributed by atoms with Crippen LogP contribution in [0.4, 0.5) is 0 Å². The average Bonchev–Trinajstić information content (AvgIpc) is 2.41. The van der Waals surface area contributed by atoms with E-state index in [1.807, 2.05) is 0 Å². The van der Waals surface area contributed by atoms with Crippen LogP contribution in [0, 0.1) is 0 Å². The second-order valence-corrected chi connectivity index (χ2v) is 7.21. The van der Waals surface area contributed by atoms with E-state index in [-0.39, 0.29) is 17.9 Å². The molecule has 7 heteroatoms. The highest BCUT2D eigenvalue weighted by molar-refractivity contribution is 7.89. The van der Waals surface area contributed by atoms with Gasteiger partial charge in [0.25, 0.3) is 0 Å². The van der Waals surface area contributed by atoms with Gasteiger partial charge in [-0.25, -0.2) is 13.1 Å². The Balaban J connectivity index is 1.97. The third-order valence-corrected chi connectivity index (χ3v) is 5.15. The summed E-state index contributed by atoms with van der Waals surface area (Å²) in [6.07, 6.45) is 2.52. The van der Waals surface area contributed by atoms with E-state index >= 15 is 0 Å². The molecule has 0 spiro atoms. The number of carboxylic acids is 1. The van der Waals surface area contributed by atoms with Gasteiger partial charge < -0.3 is 10.2 Å². The molecule has 2 rings (SSSR count). The van der Waals surface area contributed by atoms with Crippen LogP contribution in [-0.2, 0) is 21.2 Å². The summed E-state index contributed by atoms with van der Waals surface area (Å²) in [5, 5.41) is 18.5. The van der Waals surface area contributed by atoms with E-state index in [0.717, 1.165) is 12.0 Å². The van der Waals surface area contributed by atoms with E-state index in [9.17, 15) is 18.3 Å². The second-order valence-electron chi connectivity index (χ2n) is 5.44. The molecule has 0 unspecified atom stereocenters. The summed E-state index contributed by atoms with van der Waals surface area (Å²) in [4.78, 5) is 10.6. The number of aliphatic carboxylic acids is 1. The number of carbonyl (C=O) groups is 1. The minimum absolute atomic E-state index is 0.0113. The lowest BCUT2D eigenvalue weighted by Crippen LogP contribution is -2.47. The fourth-order valence-corrected chi connectivity index (χ4v) is 3.28. The Morgan fingerprint density at radius 1 is 1.24 bits per heavy atom. The molecular formula is C14H19NO5S. The number of aliphatic hydroxyl groups is 1. The summed E-state index contributed by atoms with van der Waals surface area (Å²) >= 11 is 0. The first-order valence-electron chi connectivity index (χ1n) is 6.84. The number of hydrogen-bond donors (Lipinski definition) is 3. The number of aryl methyl sites for hydroxylation is 1. The molecule has 1 aromatic rings. The summed E-state index contributed by atoms with van der Waals surface area (Å²) in [6, 6.07) is 6.11. The van der Waals surface area contributed by atoms with E-state index < -0.39 is 21.6 Å². The van der Waals surface area contributed by atoms with Gasteiger partial charge in [-0.1, -0.05) is 12.1 Å². The van der Waals surface area contributed by atoms with Gasteiger partial charge in [0.2, 0.25) is 10.0 Å². The maximum absolute atomic E-state index is 12.1. The van der Waals surface area contributed by atoms with Crippen molar-refractivity contribution in [1.82, 2.24) is 4.72 Å². The fourth-order valence-electron chi connectivity index (χ4n) is 2.16. The molecule has 0 heterocycles. The van der Waals surface area contributed by atoms with Gasteiger partial charge in [-0.2, -0.15) is 0 Å². The van der Waals surface area contributed by atoms with Gasteiger partial charge in [0.15, 0.2) is 0 Å². The standard InChI is InChI=1S/C14H19NO5S/c16-13(17)7-4-11-2-5-12(6-3-11)21(19,20)15-10-14(18)8-1-9-14/h2-3,5-6,15,18H,1,4,7-10H2,(H,16,17). The second kappa shape index (κ2) is 6.13. The number of hydrogen-bond acceptors (Lipinski definition) is 4. The Bertz CT molecular complexity index is 605. The molecule has 6 nitrogen and oxygen atoms in total. The van der Waals surface area contributed by atoms with Crippen LogP contribution in [0.25, 0.3) is 0 Å². The van der Waals surface area contributed by atoms with Crippen molar-refractivity contribution in [3.05, 3.63) is 29.8 Å². The number of benzene rings is 1. The summed E-state index contributed by atoms with van der Waals surface area (Å²) in [5.41, 5.74) is -0.136. The Morgan fingerprint density at radius 3 is 2.33 bits per heavy atom. The molecule has 0 aromatic heterocycles. The quantitative estimate of drug-likeness (QED) is 0.694. The van der Waals surface area contributed by atoms with Crippen molar-refractivity contribution < 1.29 is 23.4 Å². The zero-order valence-corrected chi connectivity index (χ0v) is 12.4. The van der Waals surface area contributed by atoms with Gasteiger partial charge in [0, 0.05) is 13.0 Å². The summed E-state index contributed by atoms with van der Waals surface area (Å²) < 4.78 is 26.6. The predicted molar refractivity (Wildman–Crippen MR) is 76.4 cm³/mol. The zero-order valence-electron chi connectivity index (χ0n) is 11.6. The Kier molecular flexibility index (Phi) is 4.65. The SMILES string of the molecule is O=C(O)CCc1ccc(S(=O)(=O)NCC2(O)CCC2)cc1. The van der Waals surface area contributed by atoms with Gasteiger partial charge in [0.1, 0.15) is 0 Å². The lowest BCUT2D eigenvalue weighted by Gasteiger charge is -2.36. The Hall–Kier alpha value is -1.44. The largest absolute Gasteiger partial charge is 0.481 e. The van der Waals surface area contributed by atoms with E-state index in [1.165, 1.54) is 12.1 Å². The van der Waals surface area contributed by atoms with Crippen molar-refractivity contribution >= 4 is 16.0 Å². The van der Waals surface area contributed by atoms with Gasteiger partial charge in [-0.15, -0.1) is 0 Å². The number of nitrogens with one attached hydrogen (secondary N) is 1. The monoisotopic (exact) mass is 313 g/mol. The fraction of sp³-hybridized carbons (Fsp3) is 0.500. The molecule has 1 aliphatic carbocycles. The highest BCUT2D eigenvalue weighted by atomic mass is 32.2. The smallest absolute Gasteiger partial charge is 0.303 e. The van der Waals surface area contributed by atoms with Crippen LogP contribution < -0.4 is 4.72 Å². The topological polar surface area (TPSA) is 104 Å². The number of sulfonamides is 1. The molecule has 3 N–H and O–H groups in total. The molecule has 21 heavy (non-hydrogen) atoms. The Labute approximate surface area is 123 Å². The third-order valence-electron chi connectivity index (χ3n) is 3.74. The number of rotatable bonds is 7. The predicted octanol–water partition coefficient (Wildman–Crippen LogP) is 0.897. The van der Waals surface area contributed by atoms with Crippen LogP contribution in [0.1, 0.15) is 31.2 Å². The van der Waals surface area contributed by atoms with Crippen molar-refractivity contribution in [1.29, 1.82) is 0 Å². The molecule has 0 aliphatic heterocycles. The van der Waals surface area contributed by atoms with E-state index in [1.54, 1.807) is 12.1 Å². The molecule has 1 aliphatic rings. The molecule has 0 radical (unpaired) electrons. The maximum Gasteiger partial charge on any atom is 0.303 e. The van der Waals surface area contributed by atoms with Crippen LogP contribution in [0.15, 0.2) is 29.2 Å².